The van der Waals surface area contributed by atoms with E-state index >= 15 is 0 Å². The number of nitrogens with one attached hydrogen (secondary N) is 1. The minimum atomic E-state index is -0.607. The number of anilines is 1. The molecule has 2 aromatic carbocycles. The van der Waals surface area contributed by atoms with E-state index in [0.717, 1.165) is 4.47 Å². The molecule has 0 bridgehead atoms. The third-order valence-corrected chi connectivity index (χ3v) is 3.31. The van der Waals surface area contributed by atoms with E-state index in [1.165, 1.54) is 25.3 Å². The summed E-state index contributed by atoms with van der Waals surface area (Å²) >= 11 is 3.31. The van der Waals surface area contributed by atoms with E-state index in [1.54, 1.807) is 18.2 Å². The molecule has 1 amide bonds. The Balaban J connectivity index is 2.28. The lowest BCUT2D eigenvalue weighted by molar-refractivity contribution is 0.102. The normalized spacial score (nSPS) is 10.1. The number of phenols is 2. The standard InChI is InChI=1S/C14H12BrNO4/c1-20-12-7-8(5-6-9(12)15)16-14(19)13-10(17)3-2-4-11(13)18/h2-7,17-18H,1H3,(H,16,19). The zero-order chi connectivity index (χ0) is 14.7. The molecule has 6 heteroatoms. The van der Waals surface area contributed by atoms with Crippen molar-refractivity contribution in [3.63, 3.8) is 0 Å². The summed E-state index contributed by atoms with van der Waals surface area (Å²) in [6.07, 6.45) is 0. The van der Waals surface area contributed by atoms with Crippen LogP contribution in [0.3, 0.4) is 0 Å². The van der Waals surface area contributed by atoms with Crippen molar-refractivity contribution in [2.75, 3.05) is 12.4 Å². The first-order valence-electron chi connectivity index (χ1n) is 5.68. The second-order valence-corrected chi connectivity index (χ2v) is 4.83. The molecule has 20 heavy (non-hydrogen) atoms. The van der Waals surface area contributed by atoms with Gasteiger partial charge in [-0.1, -0.05) is 6.07 Å². The van der Waals surface area contributed by atoms with Gasteiger partial charge in [-0.2, -0.15) is 0 Å². The zero-order valence-electron chi connectivity index (χ0n) is 10.6. The SMILES string of the molecule is COc1cc(NC(=O)c2c(O)cccc2O)ccc1Br. The number of phenolic OH excluding ortho intramolecular Hbond substituents is 2. The highest BCUT2D eigenvalue weighted by molar-refractivity contribution is 9.10. The van der Waals surface area contributed by atoms with Gasteiger partial charge >= 0.3 is 0 Å². The van der Waals surface area contributed by atoms with Gasteiger partial charge in [-0.25, -0.2) is 0 Å². The molecule has 0 heterocycles. The number of aromatic hydroxyl groups is 2. The lowest BCUT2D eigenvalue weighted by Crippen LogP contribution is -2.12. The van der Waals surface area contributed by atoms with Crippen molar-refractivity contribution in [3.05, 3.63) is 46.4 Å². The molecule has 0 fully saturated rings. The molecule has 0 atom stereocenters. The fourth-order valence-corrected chi connectivity index (χ4v) is 2.10. The number of hydrogen-bond acceptors (Lipinski definition) is 4. The van der Waals surface area contributed by atoms with E-state index in [0.29, 0.717) is 11.4 Å². The van der Waals surface area contributed by atoms with E-state index in [2.05, 4.69) is 21.2 Å². The molecule has 0 saturated heterocycles. The van der Waals surface area contributed by atoms with Gasteiger partial charge in [-0.15, -0.1) is 0 Å². The molecular weight excluding hydrogens is 326 g/mol. The number of carbonyl (C=O) groups excluding carboxylic acids is 1. The van der Waals surface area contributed by atoms with E-state index < -0.39 is 5.91 Å². The summed E-state index contributed by atoms with van der Waals surface area (Å²) in [6.45, 7) is 0. The van der Waals surface area contributed by atoms with Gasteiger partial charge in [-0.05, 0) is 40.2 Å². The smallest absolute Gasteiger partial charge is 0.263 e. The van der Waals surface area contributed by atoms with Crippen molar-refractivity contribution in [2.45, 2.75) is 0 Å². The fourth-order valence-electron chi connectivity index (χ4n) is 1.69. The molecule has 5 nitrogen and oxygen atoms in total. The predicted molar refractivity (Wildman–Crippen MR) is 78.4 cm³/mol. The first-order valence-corrected chi connectivity index (χ1v) is 6.48. The maximum atomic E-state index is 12.1. The van der Waals surface area contributed by atoms with Gasteiger partial charge < -0.3 is 20.3 Å². The molecule has 0 aliphatic heterocycles. The Bertz CT molecular complexity index is 637. The Morgan fingerprint density at radius 2 is 1.85 bits per heavy atom. The summed E-state index contributed by atoms with van der Waals surface area (Å²) in [7, 11) is 1.51. The van der Waals surface area contributed by atoms with Gasteiger partial charge in [0.15, 0.2) is 0 Å². The van der Waals surface area contributed by atoms with Gasteiger partial charge in [0.05, 0.1) is 11.6 Å². The van der Waals surface area contributed by atoms with Crippen LogP contribution in [0.1, 0.15) is 10.4 Å². The molecule has 2 rings (SSSR count). The number of benzene rings is 2. The van der Waals surface area contributed by atoms with Crippen LogP contribution >= 0.6 is 15.9 Å². The molecule has 0 unspecified atom stereocenters. The number of ether oxygens (including phenoxy) is 1. The largest absolute Gasteiger partial charge is 0.507 e. The van der Waals surface area contributed by atoms with Crippen LogP contribution in [0.25, 0.3) is 0 Å². The van der Waals surface area contributed by atoms with Crippen LogP contribution in [-0.4, -0.2) is 23.2 Å². The third kappa shape index (κ3) is 2.85. The van der Waals surface area contributed by atoms with Gasteiger partial charge in [0.2, 0.25) is 0 Å². The van der Waals surface area contributed by atoms with Gasteiger partial charge in [0, 0.05) is 11.8 Å². The maximum absolute atomic E-state index is 12.1. The number of methoxy groups -OCH3 is 1. The second-order valence-electron chi connectivity index (χ2n) is 3.97. The first kappa shape index (κ1) is 14.2. The second kappa shape index (κ2) is 5.83. The number of hydrogen-bond donors (Lipinski definition) is 3. The fraction of sp³-hybridized carbons (Fsp3) is 0.0714. The van der Waals surface area contributed by atoms with Gasteiger partial charge in [0.1, 0.15) is 22.8 Å². The summed E-state index contributed by atoms with van der Waals surface area (Å²) in [4.78, 5) is 12.1. The Morgan fingerprint density at radius 3 is 2.45 bits per heavy atom. The minimum Gasteiger partial charge on any atom is -0.507 e. The number of amides is 1. The molecular formula is C14H12BrNO4. The van der Waals surface area contributed by atoms with Crippen LogP contribution in [0.15, 0.2) is 40.9 Å². The molecule has 0 saturated carbocycles. The molecule has 0 aliphatic rings. The highest BCUT2D eigenvalue weighted by Gasteiger charge is 2.16. The number of halogens is 1. The summed E-state index contributed by atoms with van der Waals surface area (Å²) in [6, 6.07) is 9.12. The molecule has 0 radical (unpaired) electrons. The summed E-state index contributed by atoms with van der Waals surface area (Å²) in [5, 5.41) is 21.8. The molecule has 2 aromatic rings. The van der Waals surface area contributed by atoms with Crippen LogP contribution in [0.4, 0.5) is 5.69 Å². The van der Waals surface area contributed by atoms with Crippen LogP contribution in [0.5, 0.6) is 17.2 Å². The lowest BCUT2D eigenvalue weighted by atomic mass is 10.1. The maximum Gasteiger partial charge on any atom is 0.263 e. The van der Waals surface area contributed by atoms with Crippen molar-refractivity contribution in [1.29, 1.82) is 0 Å². The molecule has 104 valence electrons. The molecule has 3 N–H and O–H groups in total. The van der Waals surface area contributed by atoms with E-state index in [-0.39, 0.29) is 17.1 Å². The van der Waals surface area contributed by atoms with Crippen molar-refractivity contribution < 1.29 is 19.7 Å². The summed E-state index contributed by atoms with van der Waals surface area (Å²) < 4.78 is 5.88. The van der Waals surface area contributed by atoms with E-state index in [4.69, 9.17) is 4.74 Å². The summed E-state index contributed by atoms with van der Waals surface area (Å²) in [5.74, 6) is -0.618. The average Bonchev–Trinajstić information content (AvgIpc) is 2.40. The van der Waals surface area contributed by atoms with Crippen molar-refractivity contribution >= 4 is 27.5 Å². The lowest BCUT2D eigenvalue weighted by Gasteiger charge is -2.10. The summed E-state index contributed by atoms with van der Waals surface area (Å²) in [5.41, 5.74) is 0.312. The monoisotopic (exact) mass is 337 g/mol. The average molecular weight is 338 g/mol. The Morgan fingerprint density at radius 1 is 1.20 bits per heavy atom. The number of rotatable bonds is 3. The van der Waals surface area contributed by atoms with E-state index in [1.807, 2.05) is 0 Å². The molecule has 0 aromatic heterocycles. The third-order valence-electron chi connectivity index (χ3n) is 2.66. The predicted octanol–water partition coefficient (Wildman–Crippen LogP) is 3.12. The van der Waals surface area contributed by atoms with Crippen LogP contribution < -0.4 is 10.1 Å². The topological polar surface area (TPSA) is 78.8 Å². The Kier molecular flexibility index (Phi) is 4.14. The van der Waals surface area contributed by atoms with Gasteiger partial charge in [-0.3, -0.25) is 4.79 Å². The zero-order valence-corrected chi connectivity index (χ0v) is 12.1. The Hall–Kier alpha value is -2.21. The van der Waals surface area contributed by atoms with Gasteiger partial charge in [0.25, 0.3) is 5.91 Å². The van der Waals surface area contributed by atoms with Crippen LogP contribution in [-0.2, 0) is 0 Å². The van der Waals surface area contributed by atoms with Crippen molar-refractivity contribution in [1.82, 2.24) is 0 Å². The van der Waals surface area contributed by atoms with Crippen LogP contribution in [0, 0.1) is 0 Å². The number of carbonyl (C=O) groups is 1. The highest BCUT2D eigenvalue weighted by atomic mass is 79.9. The Labute approximate surface area is 123 Å². The van der Waals surface area contributed by atoms with Crippen molar-refractivity contribution in [2.24, 2.45) is 0 Å². The molecule has 0 spiro atoms. The van der Waals surface area contributed by atoms with E-state index in [9.17, 15) is 15.0 Å². The first-order chi connectivity index (χ1) is 9.52. The van der Waals surface area contributed by atoms with Crippen molar-refractivity contribution in [3.8, 4) is 17.2 Å². The quantitative estimate of drug-likeness (QED) is 0.803. The molecule has 0 aliphatic carbocycles. The van der Waals surface area contributed by atoms with Crippen LogP contribution in [0.2, 0.25) is 0 Å². The minimum absolute atomic E-state index is 0.172. The highest BCUT2D eigenvalue weighted by Crippen LogP contribution is 2.30.